The maximum Gasteiger partial charge on any atom is 0.291 e. The number of alkyl halides is 5. The molecule has 3 aromatic rings. The molecule has 218 valence electrons. The predicted molar refractivity (Wildman–Crippen MR) is 136 cm³/mol. The number of amides is 2. The van der Waals surface area contributed by atoms with Crippen molar-refractivity contribution in [3.05, 3.63) is 41.7 Å². The Morgan fingerprint density at radius 1 is 1.15 bits per heavy atom. The molecule has 2 heterocycles. The number of imidazole rings is 1. The molecular formula is C26H32F5N7O2. The van der Waals surface area contributed by atoms with Crippen LogP contribution in [0.2, 0.25) is 0 Å². The first-order chi connectivity index (χ1) is 18.9. The monoisotopic (exact) mass is 569 g/mol. The Hall–Kier alpha value is -3.58. The molecule has 1 fully saturated rings. The topological polar surface area (TPSA) is 118 Å². The molecule has 3 N–H and O–H groups in total. The standard InChI is InChI=1S/C26H32F5N7O2/c1-13(2)38-12-32-23(37-38)25(40)36-21(15-6-8-26(30,31)9-7-15)22-34-18-5-4-16(10-19(18)35-22)14(3)33-24(39)20(29)17(28)11-27/h4-5,10,12-15,17,20-21H,6-9,11H2,1-3H3,(H,33,39)(H,34,35)(H,36,40)/t14-,17?,20?,21+/m1/s1. The van der Waals surface area contributed by atoms with E-state index in [0.29, 0.717) is 22.4 Å². The summed E-state index contributed by atoms with van der Waals surface area (Å²) in [6, 6.07) is 3.42. The minimum atomic E-state index is -2.77. The highest BCUT2D eigenvalue weighted by molar-refractivity contribution is 5.90. The van der Waals surface area contributed by atoms with Gasteiger partial charge in [0.05, 0.1) is 23.1 Å². The smallest absolute Gasteiger partial charge is 0.291 e. The van der Waals surface area contributed by atoms with Gasteiger partial charge in [-0.3, -0.25) is 9.59 Å². The third kappa shape index (κ3) is 6.58. The van der Waals surface area contributed by atoms with Crippen molar-refractivity contribution >= 4 is 22.8 Å². The van der Waals surface area contributed by atoms with Crippen LogP contribution < -0.4 is 10.6 Å². The third-order valence-corrected chi connectivity index (χ3v) is 7.15. The first kappa shape index (κ1) is 29.4. The molecule has 0 radical (unpaired) electrons. The van der Waals surface area contributed by atoms with Gasteiger partial charge in [-0.05, 0) is 57.2 Å². The Morgan fingerprint density at radius 3 is 2.48 bits per heavy atom. The molecule has 2 amide bonds. The summed E-state index contributed by atoms with van der Waals surface area (Å²) in [7, 11) is 0. The van der Waals surface area contributed by atoms with Gasteiger partial charge in [0, 0.05) is 18.9 Å². The third-order valence-electron chi connectivity index (χ3n) is 7.15. The van der Waals surface area contributed by atoms with Crippen LogP contribution in [0.5, 0.6) is 0 Å². The number of aromatic nitrogens is 5. The SMILES string of the molecule is CC(C)n1cnc(C(=O)N[C@H](c2nc3ccc([C@@H](C)NC(=O)C(F)C(F)CF)cc3[nH]2)C2CCC(F)(F)CC2)n1. The van der Waals surface area contributed by atoms with Crippen molar-refractivity contribution in [3.63, 3.8) is 0 Å². The summed E-state index contributed by atoms with van der Waals surface area (Å²) in [4.78, 5) is 36.8. The number of nitrogens with one attached hydrogen (secondary N) is 3. The maximum atomic E-state index is 13.9. The van der Waals surface area contributed by atoms with Crippen LogP contribution in [-0.2, 0) is 4.79 Å². The van der Waals surface area contributed by atoms with Gasteiger partial charge in [0.2, 0.25) is 17.9 Å². The molecule has 2 unspecified atom stereocenters. The lowest BCUT2D eigenvalue weighted by Gasteiger charge is -2.33. The number of hydrogen-bond donors (Lipinski definition) is 3. The number of fused-ring (bicyclic) bond motifs is 1. The predicted octanol–water partition coefficient (Wildman–Crippen LogP) is 4.85. The van der Waals surface area contributed by atoms with Gasteiger partial charge in [-0.15, -0.1) is 5.10 Å². The number of halogens is 5. The van der Waals surface area contributed by atoms with E-state index in [-0.39, 0.29) is 43.5 Å². The lowest BCUT2D eigenvalue weighted by atomic mass is 9.81. The van der Waals surface area contributed by atoms with Gasteiger partial charge in [0.25, 0.3) is 11.8 Å². The van der Waals surface area contributed by atoms with Crippen LogP contribution in [0.1, 0.15) is 86.6 Å². The highest BCUT2D eigenvalue weighted by Crippen LogP contribution is 2.41. The van der Waals surface area contributed by atoms with Gasteiger partial charge >= 0.3 is 0 Å². The summed E-state index contributed by atoms with van der Waals surface area (Å²) in [6.45, 7) is 3.71. The summed E-state index contributed by atoms with van der Waals surface area (Å²) in [5.74, 6) is -4.65. The molecule has 0 bridgehead atoms. The lowest BCUT2D eigenvalue weighted by molar-refractivity contribution is -0.129. The van der Waals surface area contributed by atoms with E-state index < -0.39 is 48.8 Å². The average Bonchev–Trinajstić information content (AvgIpc) is 3.58. The van der Waals surface area contributed by atoms with Crippen LogP contribution in [0.4, 0.5) is 22.0 Å². The van der Waals surface area contributed by atoms with E-state index in [1.165, 1.54) is 11.0 Å². The Labute approximate surface area is 227 Å². The van der Waals surface area contributed by atoms with Crippen LogP contribution >= 0.6 is 0 Å². The minimum Gasteiger partial charge on any atom is -0.347 e. The van der Waals surface area contributed by atoms with Crippen LogP contribution in [0.3, 0.4) is 0 Å². The van der Waals surface area contributed by atoms with Crippen molar-refractivity contribution in [2.45, 2.75) is 82.8 Å². The fourth-order valence-corrected chi connectivity index (χ4v) is 4.72. The number of hydrogen-bond acceptors (Lipinski definition) is 5. The Morgan fingerprint density at radius 2 is 1.85 bits per heavy atom. The number of H-pyrrole nitrogens is 1. The van der Waals surface area contributed by atoms with E-state index in [9.17, 15) is 31.5 Å². The van der Waals surface area contributed by atoms with Crippen molar-refractivity contribution in [1.82, 2.24) is 35.4 Å². The Bertz CT molecular complexity index is 1330. The summed E-state index contributed by atoms with van der Waals surface area (Å²) in [5.41, 5.74) is 1.55. The van der Waals surface area contributed by atoms with E-state index in [1.54, 1.807) is 25.1 Å². The van der Waals surface area contributed by atoms with Gasteiger partial charge in [0.1, 0.15) is 18.8 Å². The molecule has 14 heteroatoms. The summed E-state index contributed by atoms with van der Waals surface area (Å²) in [5, 5.41) is 9.38. The van der Waals surface area contributed by atoms with Crippen molar-refractivity contribution < 1.29 is 31.5 Å². The number of nitrogens with zero attached hydrogens (tertiary/aromatic N) is 4. The van der Waals surface area contributed by atoms with E-state index in [4.69, 9.17) is 0 Å². The lowest BCUT2D eigenvalue weighted by Crippen LogP contribution is -2.39. The van der Waals surface area contributed by atoms with Crippen molar-refractivity contribution in [1.29, 1.82) is 0 Å². The van der Waals surface area contributed by atoms with Gasteiger partial charge in [-0.25, -0.2) is 36.6 Å². The fourth-order valence-electron chi connectivity index (χ4n) is 4.72. The largest absolute Gasteiger partial charge is 0.347 e. The van der Waals surface area contributed by atoms with Gasteiger partial charge in [0.15, 0.2) is 6.17 Å². The highest BCUT2D eigenvalue weighted by atomic mass is 19.3. The van der Waals surface area contributed by atoms with Crippen molar-refractivity contribution in [3.8, 4) is 0 Å². The fraction of sp³-hybridized carbons (Fsp3) is 0.577. The normalized spacial score (nSPS) is 18.8. The molecule has 1 aliphatic carbocycles. The zero-order valence-electron chi connectivity index (χ0n) is 22.3. The van der Waals surface area contributed by atoms with Crippen LogP contribution in [0.15, 0.2) is 24.5 Å². The van der Waals surface area contributed by atoms with Gasteiger partial charge in [-0.1, -0.05) is 6.07 Å². The van der Waals surface area contributed by atoms with Gasteiger partial charge in [-0.2, -0.15) is 0 Å². The number of carbonyl (C=O) groups excluding carboxylic acids is 2. The summed E-state index contributed by atoms with van der Waals surface area (Å²) < 4.78 is 68.8. The second-order valence-electron chi connectivity index (χ2n) is 10.5. The highest BCUT2D eigenvalue weighted by Gasteiger charge is 2.40. The first-order valence-electron chi connectivity index (χ1n) is 13.1. The zero-order valence-corrected chi connectivity index (χ0v) is 22.3. The molecule has 4 atom stereocenters. The molecule has 2 aromatic heterocycles. The summed E-state index contributed by atoms with van der Waals surface area (Å²) in [6.07, 6.45) is -4.05. The zero-order chi connectivity index (χ0) is 29.2. The van der Waals surface area contributed by atoms with Crippen LogP contribution in [-0.4, -0.2) is 61.5 Å². The van der Waals surface area contributed by atoms with Crippen LogP contribution in [0.25, 0.3) is 11.0 Å². The second-order valence-corrected chi connectivity index (χ2v) is 10.5. The van der Waals surface area contributed by atoms with Crippen molar-refractivity contribution in [2.24, 2.45) is 5.92 Å². The van der Waals surface area contributed by atoms with E-state index in [1.807, 2.05) is 13.8 Å². The molecule has 40 heavy (non-hydrogen) atoms. The van der Waals surface area contributed by atoms with E-state index in [0.717, 1.165) is 0 Å². The second kappa shape index (κ2) is 11.9. The Balaban J connectivity index is 1.58. The number of aromatic amines is 1. The quantitative estimate of drug-likeness (QED) is 0.302. The molecule has 1 saturated carbocycles. The first-order valence-corrected chi connectivity index (χ1v) is 13.1. The Kier molecular flexibility index (Phi) is 8.74. The number of rotatable bonds is 10. The van der Waals surface area contributed by atoms with Crippen LogP contribution in [0, 0.1) is 5.92 Å². The molecule has 9 nitrogen and oxygen atoms in total. The van der Waals surface area contributed by atoms with Crippen molar-refractivity contribution in [2.75, 3.05) is 6.67 Å². The molecule has 4 rings (SSSR count). The maximum absolute atomic E-state index is 13.9. The minimum absolute atomic E-state index is 0.0138. The summed E-state index contributed by atoms with van der Waals surface area (Å²) >= 11 is 0. The molecule has 0 saturated heterocycles. The average molecular weight is 570 g/mol. The number of carbonyl (C=O) groups is 2. The molecule has 1 aromatic carbocycles. The molecular weight excluding hydrogens is 537 g/mol. The van der Waals surface area contributed by atoms with E-state index in [2.05, 4.69) is 30.7 Å². The molecule has 0 spiro atoms. The molecule has 0 aliphatic heterocycles. The molecule has 1 aliphatic rings. The van der Waals surface area contributed by atoms with E-state index >= 15 is 0 Å². The number of benzene rings is 1. The van der Waals surface area contributed by atoms with Gasteiger partial charge < -0.3 is 15.6 Å².